The van der Waals surface area contributed by atoms with E-state index in [1.807, 2.05) is 0 Å². The van der Waals surface area contributed by atoms with E-state index in [2.05, 4.69) is 0 Å². The lowest BCUT2D eigenvalue weighted by molar-refractivity contribution is -0.140. The number of rotatable bonds is 5. The van der Waals surface area contributed by atoms with Gasteiger partial charge in [0.05, 0.1) is 23.7 Å². The number of hydrogen-bond donors (Lipinski definition) is 0. The van der Waals surface area contributed by atoms with Gasteiger partial charge in [-0.05, 0) is 44.4 Å². The van der Waals surface area contributed by atoms with Crippen LogP contribution in [-0.2, 0) is 24.3 Å². The molecule has 2 heterocycles. The topological polar surface area (TPSA) is 93.2 Å². The fourth-order valence-corrected chi connectivity index (χ4v) is 4.82. The molecule has 8 nitrogen and oxygen atoms in total. The average Bonchev–Trinajstić information content (AvgIpc) is 2.74. The quantitative estimate of drug-likeness (QED) is 0.679. The van der Waals surface area contributed by atoms with Crippen LogP contribution in [0.5, 0.6) is 0 Å². The van der Waals surface area contributed by atoms with E-state index >= 15 is 0 Å². The minimum atomic E-state index is -3.71. The third-order valence-electron chi connectivity index (χ3n) is 4.98. The molecule has 0 radical (unpaired) electrons. The summed E-state index contributed by atoms with van der Waals surface area (Å²) in [6, 6.07) is 5.73. The molecule has 1 atom stereocenters. The summed E-state index contributed by atoms with van der Waals surface area (Å²) >= 11 is 0. The number of sulfonamides is 1. The summed E-state index contributed by atoms with van der Waals surface area (Å²) in [5, 5.41) is 0. The van der Waals surface area contributed by atoms with E-state index in [1.165, 1.54) is 28.6 Å². The van der Waals surface area contributed by atoms with Crippen molar-refractivity contribution in [1.29, 1.82) is 0 Å². The molecular weight excluding hydrogens is 384 g/mol. The Morgan fingerprint density at radius 2 is 1.75 bits per heavy atom. The number of carbonyl (C=O) groups is 2. The van der Waals surface area contributed by atoms with Crippen LogP contribution in [0.1, 0.15) is 36.5 Å². The summed E-state index contributed by atoms with van der Waals surface area (Å²) < 4.78 is 37.3. The zero-order valence-corrected chi connectivity index (χ0v) is 16.8. The normalized spacial score (nSPS) is 19.8. The Kier molecular flexibility index (Phi) is 6.69. The van der Waals surface area contributed by atoms with E-state index in [1.54, 1.807) is 11.8 Å². The number of esters is 1. The lowest BCUT2D eigenvalue weighted by Crippen LogP contribution is -2.42. The van der Waals surface area contributed by atoms with Crippen molar-refractivity contribution in [3.8, 4) is 0 Å². The highest BCUT2D eigenvalue weighted by molar-refractivity contribution is 7.89. The molecule has 1 aromatic rings. The van der Waals surface area contributed by atoms with Gasteiger partial charge in [-0.15, -0.1) is 0 Å². The first kappa shape index (κ1) is 20.8. The number of amides is 1. The van der Waals surface area contributed by atoms with Gasteiger partial charge in [0.25, 0.3) is 5.91 Å². The van der Waals surface area contributed by atoms with E-state index in [-0.39, 0.29) is 29.5 Å². The first-order chi connectivity index (χ1) is 13.4. The summed E-state index contributed by atoms with van der Waals surface area (Å²) in [5.41, 5.74) is 0.104. The predicted molar refractivity (Wildman–Crippen MR) is 101 cm³/mol. The van der Waals surface area contributed by atoms with E-state index in [9.17, 15) is 18.0 Å². The second-order valence-electron chi connectivity index (χ2n) is 6.98. The molecule has 154 valence electrons. The summed E-state index contributed by atoms with van der Waals surface area (Å²) in [6.45, 7) is 4.14. The fraction of sp³-hybridized carbons (Fsp3) is 0.579. The van der Waals surface area contributed by atoms with Crippen molar-refractivity contribution in [2.45, 2.75) is 37.2 Å². The van der Waals surface area contributed by atoms with Crippen molar-refractivity contribution in [2.75, 3.05) is 39.4 Å². The molecule has 2 saturated heterocycles. The van der Waals surface area contributed by atoms with Crippen LogP contribution in [0.15, 0.2) is 29.2 Å². The van der Waals surface area contributed by atoms with Gasteiger partial charge in [0.1, 0.15) is 0 Å². The molecule has 1 amide bonds. The van der Waals surface area contributed by atoms with Crippen molar-refractivity contribution in [2.24, 2.45) is 0 Å². The van der Waals surface area contributed by atoms with Gasteiger partial charge >= 0.3 is 5.97 Å². The number of benzene rings is 1. The largest absolute Gasteiger partial charge is 0.449 e. The number of hydrogen-bond acceptors (Lipinski definition) is 6. The number of nitrogens with zero attached hydrogens (tertiary/aromatic N) is 2. The third kappa shape index (κ3) is 4.71. The van der Waals surface area contributed by atoms with Crippen LogP contribution in [0.2, 0.25) is 0 Å². The molecule has 0 bridgehead atoms. The van der Waals surface area contributed by atoms with Gasteiger partial charge < -0.3 is 14.4 Å². The van der Waals surface area contributed by atoms with Crippen molar-refractivity contribution in [3.05, 3.63) is 29.8 Å². The zero-order chi connectivity index (χ0) is 20.1. The second-order valence-corrected chi connectivity index (χ2v) is 8.92. The highest BCUT2D eigenvalue weighted by atomic mass is 32.2. The molecule has 0 spiro atoms. The Morgan fingerprint density at radius 1 is 1.07 bits per heavy atom. The van der Waals surface area contributed by atoms with Crippen molar-refractivity contribution in [3.63, 3.8) is 0 Å². The van der Waals surface area contributed by atoms with Crippen LogP contribution in [-0.4, -0.2) is 75.0 Å². The number of carbonyl (C=O) groups excluding carboxylic acids is 2. The van der Waals surface area contributed by atoms with Crippen LogP contribution >= 0.6 is 0 Å². The van der Waals surface area contributed by atoms with E-state index in [0.29, 0.717) is 26.3 Å². The Balaban J connectivity index is 1.68. The molecule has 1 aromatic carbocycles. The van der Waals surface area contributed by atoms with Crippen molar-refractivity contribution < 1.29 is 27.5 Å². The Labute approximate surface area is 165 Å². The monoisotopic (exact) mass is 410 g/mol. The Morgan fingerprint density at radius 3 is 2.43 bits per heavy atom. The minimum absolute atomic E-state index is 0.0267. The van der Waals surface area contributed by atoms with E-state index in [0.717, 1.165) is 19.3 Å². The fourth-order valence-electron chi connectivity index (χ4n) is 3.37. The molecule has 3 rings (SSSR count). The van der Waals surface area contributed by atoms with Crippen LogP contribution in [0, 0.1) is 0 Å². The van der Waals surface area contributed by atoms with Crippen LogP contribution in [0.4, 0.5) is 0 Å². The van der Waals surface area contributed by atoms with Gasteiger partial charge in [-0.1, -0.05) is 6.07 Å². The molecule has 28 heavy (non-hydrogen) atoms. The molecule has 9 heteroatoms. The standard InChI is InChI=1S/C19H26N2O6S/c1-15(18(22)20-8-3-2-4-9-20)27-19(23)16-6-5-7-17(14-16)28(24,25)21-10-12-26-13-11-21/h5-7,14-15H,2-4,8-13H2,1H3/t15-/m0/s1. The molecular formula is C19H26N2O6S. The van der Waals surface area contributed by atoms with E-state index < -0.39 is 22.1 Å². The summed E-state index contributed by atoms with van der Waals surface area (Å²) in [7, 11) is -3.71. The Bertz CT molecular complexity index is 813. The Hall–Kier alpha value is -1.97. The van der Waals surface area contributed by atoms with Crippen LogP contribution < -0.4 is 0 Å². The second kappa shape index (κ2) is 9.02. The van der Waals surface area contributed by atoms with Gasteiger partial charge in [0, 0.05) is 26.2 Å². The number of morpholine rings is 1. The molecule has 0 N–H and O–H groups in total. The molecule has 2 fully saturated rings. The molecule has 0 saturated carbocycles. The van der Waals surface area contributed by atoms with Gasteiger partial charge in [0.2, 0.25) is 10.0 Å². The predicted octanol–water partition coefficient (Wildman–Crippen LogP) is 1.27. The van der Waals surface area contributed by atoms with Gasteiger partial charge in [0.15, 0.2) is 6.10 Å². The lowest BCUT2D eigenvalue weighted by atomic mass is 10.1. The smallest absolute Gasteiger partial charge is 0.338 e. The lowest BCUT2D eigenvalue weighted by Gasteiger charge is -2.29. The average molecular weight is 410 g/mol. The maximum absolute atomic E-state index is 12.8. The highest BCUT2D eigenvalue weighted by Crippen LogP contribution is 2.19. The van der Waals surface area contributed by atoms with Crippen LogP contribution in [0.25, 0.3) is 0 Å². The number of likely N-dealkylation sites (tertiary alicyclic amines) is 1. The van der Waals surface area contributed by atoms with Gasteiger partial charge in [-0.2, -0.15) is 4.31 Å². The summed E-state index contributed by atoms with van der Waals surface area (Å²) in [4.78, 5) is 26.6. The highest BCUT2D eigenvalue weighted by Gasteiger charge is 2.28. The maximum Gasteiger partial charge on any atom is 0.338 e. The maximum atomic E-state index is 12.8. The number of ether oxygens (including phenoxy) is 2. The molecule has 0 unspecified atom stereocenters. The molecule has 0 aliphatic carbocycles. The van der Waals surface area contributed by atoms with Crippen molar-refractivity contribution >= 4 is 21.9 Å². The molecule has 2 aliphatic heterocycles. The summed E-state index contributed by atoms with van der Waals surface area (Å²) in [6.07, 6.45) is 2.09. The van der Waals surface area contributed by atoms with E-state index in [4.69, 9.17) is 9.47 Å². The summed E-state index contributed by atoms with van der Waals surface area (Å²) in [5.74, 6) is -0.929. The first-order valence-corrected chi connectivity index (χ1v) is 11.0. The van der Waals surface area contributed by atoms with Crippen molar-refractivity contribution in [1.82, 2.24) is 9.21 Å². The zero-order valence-electron chi connectivity index (χ0n) is 16.0. The third-order valence-corrected chi connectivity index (χ3v) is 6.87. The van der Waals surface area contributed by atoms with Gasteiger partial charge in [-0.3, -0.25) is 4.79 Å². The molecule has 2 aliphatic rings. The van der Waals surface area contributed by atoms with Crippen LogP contribution in [0.3, 0.4) is 0 Å². The molecule has 0 aromatic heterocycles. The minimum Gasteiger partial charge on any atom is -0.449 e. The SMILES string of the molecule is C[C@H](OC(=O)c1cccc(S(=O)(=O)N2CCOCC2)c1)C(=O)N1CCCCC1. The first-order valence-electron chi connectivity index (χ1n) is 9.57. The number of piperidine rings is 1. The van der Waals surface area contributed by atoms with Gasteiger partial charge in [-0.25, -0.2) is 13.2 Å².